The molecule has 0 spiro atoms. The van der Waals surface area contributed by atoms with Crippen molar-refractivity contribution in [3.63, 3.8) is 0 Å². The van der Waals surface area contributed by atoms with Crippen LogP contribution in [0.5, 0.6) is 0 Å². The van der Waals surface area contributed by atoms with Crippen molar-refractivity contribution >= 4 is 39.9 Å². The minimum atomic E-state index is 0.430. The number of hydrogen-bond donors (Lipinski definition) is 0. The summed E-state index contributed by atoms with van der Waals surface area (Å²) in [5, 5.41) is 0. The van der Waals surface area contributed by atoms with Crippen LogP contribution in [0.1, 0.15) is 63.3 Å². The summed E-state index contributed by atoms with van der Waals surface area (Å²) in [6.07, 6.45) is 0. The van der Waals surface area contributed by atoms with Gasteiger partial charge in [0, 0.05) is 5.56 Å². The maximum absolute atomic E-state index is 5.06. The fourth-order valence-electron chi connectivity index (χ4n) is 3.27. The van der Waals surface area contributed by atoms with Gasteiger partial charge in [-0.05, 0) is 42.0 Å². The van der Waals surface area contributed by atoms with Crippen LogP contribution in [0.3, 0.4) is 0 Å². The molecule has 0 bridgehead atoms. The third-order valence-corrected chi connectivity index (χ3v) is 4.81. The number of hydrogen-bond acceptors (Lipinski definition) is 2. The maximum atomic E-state index is 5.06. The molecule has 0 N–H and O–H groups in total. The van der Waals surface area contributed by atoms with Crippen LogP contribution in [-0.4, -0.2) is 10.7 Å². The Morgan fingerprint density at radius 1 is 0.800 bits per heavy atom. The summed E-state index contributed by atoms with van der Waals surface area (Å²) < 4.78 is 0. The van der Waals surface area contributed by atoms with Gasteiger partial charge in [-0.1, -0.05) is 82.3 Å². The van der Waals surface area contributed by atoms with E-state index < -0.39 is 0 Å². The number of halogens is 2. The molecule has 2 nitrogen and oxygen atoms in total. The number of benzene rings is 2. The van der Waals surface area contributed by atoms with Crippen LogP contribution in [0, 0.1) is 0 Å². The van der Waals surface area contributed by atoms with E-state index in [-0.39, 0.29) is 0 Å². The Hall–Kier alpha value is -1.29. The number of pyridine rings is 1. The van der Waals surface area contributed by atoms with Gasteiger partial charge < -0.3 is 0 Å². The predicted octanol–water partition coefficient (Wildman–Crippen LogP) is 8.82. The molecule has 0 unspecified atom stereocenters. The van der Waals surface area contributed by atoms with E-state index in [1.54, 1.807) is 0 Å². The van der Waals surface area contributed by atoms with Gasteiger partial charge in [0.1, 0.15) is 0 Å². The second-order valence-corrected chi connectivity index (χ2v) is 12.6. The molecule has 1 heterocycles. The Labute approximate surface area is 201 Å². The third kappa shape index (κ3) is 6.87. The van der Waals surface area contributed by atoms with Crippen LogP contribution in [0.4, 0.5) is 5.69 Å². The first-order valence-corrected chi connectivity index (χ1v) is 14.8. The number of rotatable bonds is 5. The summed E-state index contributed by atoms with van der Waals surface area (Å²) in [6.45, 7) is 11.0. The molecule has 3 rings (SSSR count). The van der Waals surface area contributed by atoms with E-state index in [2.05, 4.69) is 99.5 Å². The van der Waals surface area contributed by atoms with Crippen molar-refractivity contribution in [3.05, 3.63) is 83.6 Å². The molecule has 162 valence electrons. The van der Waals surface area contributed by atoms with Crippen molar-refractivity contribution in [2.24, 2.45) is 4.99 Å². The van der Waals surface area contributed by atoms with Crippen molar-refractivity contribution in [1.82, 2.24) is 4.98 Å². The Morgan fingerprint density at radius 3 is 1.87 bits per heavy atom. The molecule has 2 aromatic carbocycles. The van der Waals surface area contributed by atoms with Gasteiger partial charge in [0.25, 0.3) is 0 Å². The standard InChI is InChI=1S/C25H28N2.2BrH.Ni/c1-17(2)21-13-9-14-22(18(3)4)25(21)26-19(5)23-15-10-16-24(27-23)20-11-7-6-8-12-20;;;/h6-18H,1-5H3;2*1H;/q;;;+2/p-2. The second-order valence-electron chi connectivity index (χ2n) is 7.61. The van der Waals surface area contributed by atoms with Crippen LogP contribution < -0.4 is 0 Å². The first-order valence-electron chi connectivity index (χ1n) is 9.92. The topological polar surface area (TPSA) is 25.2 Å². The average Bonchev–Trinajstić information content (AvgIpc) is 2.75. The Bertz CT molecular complexity index is 944. The summed E-state index contributed by atoms with van der Waals surface area (Å²) in [5.41, 5.74) is 7.65. The zero-order valence-corrected chi connectivity index (χ0v) is 22.1. The first-order chi connectivity index (χ1) is 14.4. The van der Waals surface area contributed by atoms with E-state index in [4.69, 9.17) is 9.98 Å². The molecule has 0 radical (unpaired) electrons. The van der Waals surface area contributed by atoms with Crippen LogP contribution in [0.2, 0.25) is 0 Å². The normalized spacial score (nSPS) is 11.6. The molecule has 0 fully saturated rings. The van der Waals surface area contributed by atoms with Crippen molar-refractivity contribution in [3.8, 4) is 11.3 Å². The Morgan fingerprint density at radius 2 is 1.33 bits per heavy atom. The van der Waals surface area contributed by atoms with E-state index >= 15 is 0 Å². The molecule has 5 heteroatoms. The van der Waals surface area contributed by atoms with Crippen LogP contribution in [0.15, 0.2) is 71.7 Å². The fraction of sp³-hybridized carbons (Fsp3) is 0.280. The molecule has 0 aliphatic rings. The van der Waals surface area contributed by atoms with E-state index in [9.17, 15) is 0 Å². The van der Waals surface area contributed by atoms with E-state index in [1.165, 1.54) is 22.0 Å². The van der Waals surface area contributed by atoms with Gasteiger partial charge in [0.15, 0.2) is 0 Å². The average molecular weight is 575 g/mol. The van der Waals surface area contributed by atoms with Crippen LogP contribution in [0.25, 0.3) is 11.3 Å². The van der Waals surface area contributed by atoms with E-state index in [1.807, 2.05) is 30.3 Å². The molecule has 0 saturated heterocycles. The van der Waals surface area contributed by atoms with Crippen molar-refractivity contribution in [2.75, 3.05) is 0 Å². The number of para-hydroxylation sites is 1. The SMILES string of the molecule is CC(=Nc1c(C(C)C)cccc1C(C)C)c1cccc(-c2ccccc2)n1.[Br][Ni][Br]. The molecular weight excluding hydrogens is 547 g/mol. The molecule has 0 atom stereocenters. The minimum absolute atomic E-state index is 0.430. The fourth-order valence-corrected chi connectivity index (χ4v) is 3.27. The van der Waals surface area contributed by atoms with E-state index in [0.717, 1.165) is 28.4 Å². The van der Waals surface area contributed by atoms with Crippen molar-refractivity contribution in [2.45, 2.75) is 46.5 Å². The monoisotopic (exact) mass is 572 g/mol. The molecule has 30 heavy (non-hydrogen) atoms. The number of nitrogens with zero attached hydrogens (tertiary/aromatic N) is 2. The molecular formula is C25H28Br2N2Ni. The zero-order valence-electron chi connectivity index (χ0n) is 18.0. The summed E-state index contributed by atoms with van der Waals surface area (Å²) in [4.78, 5) is 9.92. The van der Waals surface area contributed by atoms with Crippen LogP contribution >= 0.6 is 28.5 Å². The Kier molecular flexibility index (Phi) is 10.4. The summed E-state index contributed by atoms with van der Waals surface area (Å²) in [6, 6.07) is 23.0. The summed E-state index contributed by atoms with van der Waals surface area (Å²) in [5.74, 6) is 0.859. The first kappa shape index (κ1) is 25.0. The van der Waals surface area contributed by atoms with Gasteiger partial charge in [-0.25, -0.2) is 4.98 Å². The molecule has 0 saturated carbocycles. The molecule has 0 amide bonds. The third-order valence-electron chi connectivity index (χ3n) is 4.81. The quantitative estimate of drug-likeness (QED) is 0.221. The van der Waals surface area contributed by atoms with E-state index in [0.29, 0.717) is 11.8 Å². The Balaban J connectivity index is 0.00000101. The van der Waals surface area contributed by atoms with Gasteiger partial charge in [0.05, 0.1) is 22.8 Å². The zero-order chi connectivity index (χ0) is 22.1. The summed E-state index contributed by atoms with van der Waals surface area (Å²) in [7, 11) is 1.25. The van der Waals surface area contributed by atoms with Gasteiger partial charge in [0.2, 0.25) is 0 Å². The molecule has 0 aliphatic heterocycles. The van der Waals surface area contributed by atoms with Crippen LogP contribution in [-0.2, 0) is 10.9 Å². The van der Waals surface area contributed by atoms with Gasteiger partial charge >= 0.3 is 39.3 Å². The second kappa shape index (κ2) is 12.5. The molecule has 0 aliphatic carbocycles. The number of aromatic nitrogens is 1. The molecule has 1 aromatic heterocycles. The molecule has 3 aromatic rings. The van der Waals surface area contributed by atoms with Gasteiger partial charge in [-0.15, -0.1) is 0 Å². The van der Waals surface area contributed by atoms with Crippen molar-refractivity contribution < 1.29 is 10.9 Å². The van der Waals surface area contributed by atoms with Gasteiger partial charge in [-0.3, -0.25) is 4.99 Å². The number of aliphatic imine (C=N–C) groups is 1. The van der Waals surface area contributed by atoms with Crippen molar-refractivity contribution in [1.29, 1.82) is 0 Å². The van der Waals surface area contributed by atoms with Gasteiger partial charge in [-0.2, -0.15) is 0 Å². The summed E-state index contributed by atoms with van der Waals surface area (Å²) >= 11 is 6.00. The predicted molar refractivity (Wildman–Crippen MR) is 134 cm³/mol.